The molecule has 0 saturated heterocycles. The summed E-state index contributed by atoms with van der Waals surface area (Å²) in [5, 5.41) is 7.84. The molecule has 0 saturated carbocycles. The molecule has 1 aromatic heterocycles. The van der Waals surface area contributed by atoms with Crippen LogP contribution in [0, 0.1) is 6.92 Å². The van der Waals surface area contributed by atoms with Crippen molar-refractivity contribution in [3.63, 3.8) is 0 Å². The van der Waals surface area contributed by atoms with Crippen LogP contribution in [0.4, 0.5) is 5.69 Å². The summed E-state index contributed by atoms with van der Waals surface area (Å²) in [6.45, 7) is 5.15. The molecular formula is C22H25N3O. The number of fused-ring (bicyclic) bond motifs is 3. The molecule has 1 atom stereocenters. The number of amides is 1. The number of hydrogen-bond donors (Lipinski definition) is 3. The van der Waals surface area contributed by atoms with Crippen LogP contribution in [-0.2, 0) is 12.8 Å². The lowest BCUT2D eigenvalue weighted by Gasteiger charge is -2.23. The largest absolute Gasteiger partial charge is 0.358 e. The predicted molar refractivity (Wildman–Crippen MR) is 107 cm³/mol. The molecule has 2 aromatic carbocycles. The molecule has 1 amide bonds. The number of anilines is 1. The van der Waals surface area contributed by atoms with E-state index in [1.165, 1.54) is 23.1 Å². The maximum atomic E-state index is 12.5. The molecule has 1 aliphatic carbocycles. The Morgan fingerprint density at radius 3 is 2.92 bits per heavy atom. The maximum absolute atomic E-state index is 12.5. The van der Waals surface area contributed by atoms with Crippen LogP contribution in [0.2, 0.25) is 0 Å². The Kier molecular flexibility index (Phi) is 4.51. The van der Waals surface area contributed by atoms with Crippen molar-refractivity contribution in [2.75, 3.05) is 11.9 Å². The van der Waals surface area contributed by atoms with Crippen LogP contribution in [0.1, 0.15) is 40.5 Å². The number of aromatic amines is 1. The Hall–Kier alpha value is -2.59. The van der Waals surface area contributed by atoms with Gasteiger partial charge in [-0.1, -0.05) is 24.6 Å². The second kappa shape index (κ2) is 6.96. The fourth-order valence-electron chi connectivity index (χ4n) is 3.95. The van der Waals surface area contributed by atoms with Gasteiger partial charge in [-0.25, -0.2) is 0 Å². The summed E-state index contributed by atoms with van der Waals surface area (Å²) in [4.78, 5) is 16.1. The van der Waals surface area contributed by atoms with Crippen LogP contribution >= 0.6 is 0 Å². The molecule has 1 aliphatic rings. The molecule has 0 bridgehead atoms. The number of aromatic nitrogens is 1. The first kappa shape index (κ1) is 16.9. The van der Waals surface area contributed by atoms with Crippen molar-refractivity contribution in [1.82, 2.24) is 10.3 Å². The lowest BCUT2D eigenvalue weighted by Crippen LogP contribution is -2.34. The number of hydrogen-bond acceptors (Lipinski definition) is 2. The van der Waals surface area contributed by atoms with E-state index in [0.717, 1.165) is 36.2 Å². The summed E-state index contributed by atoms with van der Waals surface area (Å²) < 4.78 is 0. The smallest absolute Gasteiger partial charge is 0.255 e. The molecule has 4 heteroatoms. The number of benzene rings is 2. The van der Waals surface area contributed by atoms with Gasteiger partial charge in [0.15, 0.2) is 0 Å². The Bertz CT molecular complexity index is 957. The van der Waals surface area contributed by atoms with Gasteiger partial charge in [-0.15, -0.1) is 0 Å². The average Bonchev–Trinajstić information content (AvgIpc) is 2.99. The Balaban J connectivity index is 1.61. The van der Waals surface area contributed by atoms with E-state index in [0.29, 0.717) is 11.6 Å². The molecule has 1 unspecified atom stereocenters. The van der Waals surface area contributed by atoms with Crippen LogP contribution in [0.25, 0.3) is 10.9 Å². The van der Waals surface area contributed by atoms with E-state index in [1.54, 1.807) is 0 Å². The zero-order chi connectivity index (χ0) is 18.1. The first-order chi connectivity index (χ1) is 12.6. The molecule has 26 heavy (non-hydrogen) atoms. The highest BCUT2D eigenvalue weighted by Gasteiger charge is 2.22. The summed E-state index contributed by atoms with van der Waals surface area (Å²) in [6, 6.07) is 14.4. The molecule has 0 radical (unpaired) electrons. The van der Waals surface area contributed by atoms with Crippen molar-refractivity contribution >= 4 is 22.5 Å². The van der Waals surface area contributed by atoms with Gasteiger partial charge in [0, 0.05) is 33.9 Å². The normalized spacial score (nSPS) is 16.5. The monoisotopic (exact) mass is 347 g/mol. The third-order valence-corrected chi connectivity index (χ3v) is 5.22. The molecule has 0 aliphatic heterocycles. The third-order valence-electron chi connectivity index (χ3n) is 5.22. The van der Waals surface area contributed by atoms with Gasteiger partial charge in [0.1, 0.15) is 0 Å². The molecule has 0 fully saturated rings. The van der Waals surface area contributed by atoms with Gasteiger partial charge in [-0.05, 0) is 68.6 Å². The SMILES string of the molecule is CCNC1CCc2[nH]c3ccc(NC(=O)c4cccc(C)c4)cc3c2C1. The summed E-state index contributed by atoms with van der Waals surface area (Å²) >= 11 is 0. The van der Waals surface area contributed by atoms with Crippen LogP contribution in [0.3, 0.4) is 0 Å². The number of aryl methyl sites for hydroxylation is 2. The number of carbonyl (C=O) groups excluding carboxylic acids is 1. The second-order valence-corrected chi connectivity index (χ2v) is 7.16. The van der Waals surface area contributed by atoms with Crippen molar-refractivity contribution in [2.45, 2.75) is 39.2 Å². The zero-order valence-corrected chi connectivity index (χ0v) is 15.4. The quantitative estimate of drug-likeness (QED) is 0.663. The van der Waals surface area contributed by atoms with E-state index in [9.17, 15) is 4.79 Å². The second-order valence-electron chi connectivity index (χ2n) is 7.16. The summed E-state index contributed by atoms with van der Waals surface area (Å²) in [6.07, 6.45) is 3.29. The number of carbonyl (C=O) groups is 1. The molecule has 3 aromatic rings. The molecule has 134 valence electrons. The molecular weight excluding hydrogens is 322 g/mol. The summed E-state index contributed by atoms with van der Waals surface area (Å²) in [5.41, 5.74) is 6.51. The molecule has 4 nitrogen and oxygen atoms in total. The number of H-pyrrole nitrogens is 1. The highest BCUT2D eigenvalue weighted by molar-refractivity contribution is 6.05. The van der Waals surface area contributed by atoms with Crippen molar-refractivity contribution in [2.24, 2.45) is 0 Å². The van der Waals surface area contributed by atoms with Crippen LogP contribution < -0.4 is 10.6 Å². The Morgan fingerprint density at radius 2 is 2.12 bits per heavy atom. The van der Waals surface area contributed by atoms with E-state index in [4.69, 9.17) is 0 Å². The fourth-order valence-corrected chi connectivity index (χ4v) is 3.95. The lowest BCUT2D eigenvalue weighted by molar-refractivity contribution is 0.102. The van der Waals surface area contributed by atoms with Crippen LogP contribution in [0.5, 0.6) is 0 Å². The van der Waals surface area contributed by atoms with Gasteiger partial charge < -0.3 is 15.6 Å². The van der Waals surface area contributed by atoms with Crippen LogP contribution in [0.15, 0.2) is 42.5 Å². The fraction of sp³-hybridized carbons (Fsp3) is 0.318. The highest BCUT2D eigenvalue weighted by Crippen LogP contribution is 2.31. The third kappa shape index (κ3) is 3.25. The number of nitrogens with one attached hydrogen (secondary N) is 3. The number of rotatable bonds is 4. The average molecular weight is 347 g/mol. The number of likely N-dealkylation sites (N-methyl/N-ethyl adjacent to an activating group) is 1. The summed E-state index contributed by atoms with van der Waals surface area (Å²) in [7, 11) is 0. The van der Waals surface area contributed by atoms with E-state index < -0.39 is 0 Å². The van der Waals surface area contributed by atoms with Crippen LogP contribution in [-0.4, -0.2) is 23.5 Å². The maximum Gasteiger partial charge on any atom is 0.255 e. The minimum Gasteiger partial charge on any atom is -0.358 e. The first-order valence-corrected chi connectivity index (χ1v) is 9.39. The van der Waals surface area contributed by atoms with Gasteiger partial charge >= 0.3 is 0 Å². The standard InChI is InChI=1S/C22H25N3O/c1-3-23-16-7-9-20-18(12-16)19-13-17(8-10-21(19)25-20)24-22(26)15-6-4-5-14(2)11-15/h4-6,8,10-11,13,16,23,25H,3,7,9,12H2,1-2H3,(H,24,26). The van der Waals surface area contributed by atoms with Gasteiger partial charge in [0.05, 0.1) is 0 Å². The highest BCUT2D eigenvalue weighted by atomic mass is 16.1. The minimum atomic E-state index is -0.0667. The molecule has 1 heterocycles. The Labute approximate surface area is 154 Å². The lowest BCUT2D eigenvalue weighted by atomic mass is 9.91. The zero-order valence-electron chi connectivity index (χ0n) is 15.4. The molecule has 4 rings (SSSR count). The van der Waals surface area contributed by atoms with Gasteiger partial charge in [0.25, 0.3) is 5.91 Å². The minimum absolute atomic E-state index is 0.0667. The van der Waals surface area contributed by atoms with E-state index in [-0.39, 0.29) is 5.91 Å². The molecule has 0 spiro atoms. The summed E-state index contributed by atoms with van der Waals surface area (Å²) in [5.74, 6) is -0.0667. The topological polar surface area (TPSA) is 56.9 Å². The van der Waals surface area contributed by atoms with Crippen molar-refractivity contribution in [1.29, 1.82) is 0 Å². The van der Waals surface area contributed by atoms with Crippen molar-refractivity contribution < 1.29 is 4.79 Å². The van der Waals surface area contributed by atoms with Gasteiger partial charge in [-0.3, -0.25) is 4.79 Å². The first-order valence-electron chi connectivity index (χ1n) is 9.39. The predicted octanol–water partition coefficient (Wildman–Crippen LogP) is 4.20. The van der Waals surface area contributed by atoms with Gasteiger partial charge in [-0.2, -0.15) is 0 Å². The van der Waals surface area contributed by atoms with Crippen molar-refractivity contribution in [3.05, 3.63) is 64.8 Å². The van der Waals surface area contributed by atoms with Gasteiger partial charge in [0.2, 0.25) is 0 Å². The van der Waals surface area contributed by atoms with E-state index in [1.807, 2.05) is 37.3 Å². The van der Waals surface area contributed by atoms with E-state index >= 15 is 0 Å². The van der Waals surface area contributed by atoms with E-state index in [2.05, 4.69) is 34.7 Å². The molecule has 3 N–H and O–H groups in total. The van der Waals surface area contributed by atoms with Crippen molar-refractivity contribution in [3.8, 4) is 0 Å². The Morgan fingerprint density at radius 1 is 1.23 bits per heavy atom.